The van der Waals surface area contributed by atoms with Gasteiger partial charge in [-0.2, -0.15) is 0 Å². The molecular formula is C11H21N3O2. The average Bonchev–Trinajstić information content (AvgIpc) is 2.68. The first kappa shape index (κ1) is 13.2. The lowest BCUT2D eigenvalue weighted by Gasteiger charge is -2.20. The maximum atomic E-state index is 5.99. The molecule has 0 aliphatic carbocycles. The molecule has 0 aliphatic rings. The van der Waals surface area contributed by atoms with Crippen LogP contribution in [-0.4, -0.2) is 36.1 Å². The highest BCUT2D eigenvalue weighted by Crippen LogP contribution is 2.06. The van der Waals surface area contributed by atoms with Crippen molar-refractivity contribution in [2.75, 3.05) is 14.2 Å². The number of aromatic nitrogens is 2. The number of aryl methyl sites for hydroxylation is 1. The molecule has 1 rings (SSSR count). The van der Waals surface area contributed by atoms with Crippen molar-refractivity contribution in [1.82, 2.24) is 9.55 Å². The summed E-state index contributed by atoms with van der Waals surface area (Å²) in [6.45, 7) is 3.10. The van der Waals surface area contributed by atoms with Crippen molar-refractivity contribution in [1.29, 1.82) is 0 Å². The van der Waals surface area contributed by atoms with E-state index in [1.807, 2.05) is 6.20 Å². The van der Waals surface area contributed by atoms with Crippen LogP contribution in [0.4, 0.5) is 0 Å². The molecule has 0 saturated heterocycles. The number of methoxy groups -OCH3 is 2. The highest BCUT2D eigenvalue weighted by Gasteiger charge is 2.18. The van der Waals surface area contributed by atoms with Crippen LogP contribution in [0.5, 0.6) is 0 Å². The molecule has 1 atom stereocenters. The lowest BCUT2D eigenvalue weighted by molar-refractivity contribution is -0.116. The van der Waals surface area contributed by atoms with Crippen molar-refractivity contribution < 1.29 is 9.47 Å². The Balaban J connectivity index is 2.61. The number of hydrogen-bond acceptors (Lipinski definition) is 4. The van der Waals surface area contributed by atoms with E-state index in [4.69, 9.17) is 15.2 Å². The zero-order chi connectivity index (χ0) is 12.0. The molecule has 0 radical (unpaired) electrons. The molecule has 0 fully saturated rings. The first-order valence-corrected chi connectivity index (χ1v) is 5.54. The minimum Gasteiger partial charge on any atom is -0.354 e. The first-order valence-electron chi connectivity index (χ1n) is 5.54. The van der Waals surface area contributed by atoms with Crippen LogP contribution in [0.15, 0.2) is 12.4 Å². The van der Waals surface area contributed by atoms with Crippen LogP contribution in [0.1, 0.15) is 19.2 Å². The van der Waals surface area contributed by atoms with Crippen molar-refractivity contribution in [2.24, 2.45) is 5.73 Å². The van der Waals surface area contributed by atoms with E-state index in [0.717, 1.165) is 18.8 Å². The van der Waals surface area contributed by atoms with E-state index in [0.29, 0.717) is 6.42 Å². The average molecular weight is 227 g/mol. The monoisotopic (exact) mass is 227 g/mol. The van der Waals surface area contributed by atoms with E-state index in [1.54, 1.807) is 20.4 Å². The number of hydrogen-bond donors (Lipinski definition) is 1. The Morgan fingerprint density at radius 3 is 2.69 bits per heavy atom. The summed E-state index contributed by atoms with van der Waals surface area (Å²) in [5.74, 6) is 0.980. The Kier molecular flexibility index (Phi) is 5.45. The number of imidazole rings is 1. The van der Waals surface area contributed by atoms with Crippen LogP contribution < -0.4 is 5.73 Å². The molecule has 0 aliphatic heterocycles. The molecule has 5 nitrogen and oxygen atoms in total. The Hall–Kier alpha value is -0.910. The molecule has 1 heterocycles. The Bertz CT molecular complexity index is 297. The van der Waals surface area contributed by atoms with E-state index in [2.05, 4.69) is 16.5 Å². The van der Waals surface area contributed by atoms with E-state index in [-0.39, 0.29) is 12.3 Å². The van der Waals surface area contributed by atoms with Crippen LogP contribution in [0.25, 0.3) is 0 Å². The molecule has 5 heteroatoms. The van der Waals surface area contributed by atoms with E-state index < -0.39 is 0 Å². The van der Waals surface area contributed by atoms with Crippen LogP contribution in [-0.2, 0) is 22.4 Å². The van der Waals surface area contributed by atoms with Crippen molar-refractivity contribution in [3.05, 3.63) is 18.2 Å². The summed E-state index contributed by atoms with van der Waals surface area (Å²) < 4.78 is 12.4. The third-order valence-electron chi connectivity index (χ3n) is 2.50. The van der Waals surface area contributed by atoms with Gasteiger partial charge in [-0.05, 0) is 6.42 Å². The van der Waals surface area contributed by atoms with Crippen molar-refractivity contribution in [3.8, 4) is 0 Å². The molecule has 0 saturated carbocycles. The summed E-state index contributed by atoms with van der Waals surface area (Å²) in [6.07, 6.45) is 5.12. The molecule has 0 spiro atoms. The molecule has 1 aromatic rings. The number of ether oxygens (including phenoxy) is 2. The molecule has 1 aromatic heterocycles. The third-order valence-corrected chi connectivity index (χ3v) is 2.50. The van der Waals surface area contributed by atoms with Gasteiger partial charge in [0.1, 0.15) is 5.82 Å². The van der Waals surface area contributed by atoms with Crippen molar-refractivity contribution in [2.45, 2.75) is 38.6 Å². The normalized spacial score (nSPS) is 13.3. The van der Waals surface area contributed by atoms with Gasteiger partial charge in [0, 0.05) is 39.6 Å². The summed E-state index contributed by atoms with van der Waals surface area (Å²) in [7, 11) is 3.18. The van der Waals surface area contributed by atoms with E-state index >= 15 is 0 Å². The molecule has 0 aromatic carbocycles. The van der Waals surface area contributed by atoms with Crippen LogP contribution in [0, 0.1) is 0 Å². The topological polar surface area (TPSA) is 62.3 Å². The summed E-state index contributed by atoms with van der Waals surface area (Å²) in [6, 6.07) is -0.201. The Labute approximate surface area is 96.6 Å². The van der Waals surface area contributed by atoms with Gasteiger partial charge in [0.15, 0.2) is 6.29 Å². The first-order chi connectivity index (χ1) is 7.72. The highest BCUT2D eigenvalue weighted by atomic mass is 16.7. The van der Waals surface area contributed by atoms with Crippen LogP contribution in [0.3, 0.4) is 0 Å². The van der Waals surface area contributed by atoms with Gasteiger partial charge in [0.05, 0.1) is 6.04 Å². The predicted molar refractivity (Wildman–Crippen MR) is 62.0 cm³/mol. The fourth-order valence-electron chi connectivity index (χ4n) is 1.73. The van der Waals surface area contributed by atoms with Crippen molar-refractivity contribution >= 4 is 0 Å². The fourth-order valence-corrected chi connectivity index (χ4v) is 1.73. The highest BCUT2D eigenvalue weighted by molar-refractivity contribution is 4.95. The Morgan fingerprint density at radius 1 is 1.44 bits per heavy atom. The largest absolute Gasteiger partial charge is 0.354 e. The van der Waals surface area contributed by atoms with E-state index in [1.165, 1.54) is 0 Å². The summed E-state index contributed by atoms with van der Waals surface area (Å²) >= 11 is 0. The smallest absolute Gasteiger partial charge is 0.172 e. The molecular weight excluding hydrogens is 206 g/mol. The third kappa shape index (κ3) is 3.30. The summed E-state index contributed by atoms with van der Waals surface area (Å²) in [5, 5.41) is 0. The quantitative estimate of drug-likeness (QED) is 0.699. The molecule has 1 unspecified atom stereocenters. The predicted octanol–water partition coefficient (Wildman–Crippen LogP) is 0.782. The zero-order valence-corrected chi connectivity index (χ0v) is 10.2. The van der Waals surface area contributed by atoms with Gasteiger partial charge >= 0.3 is 0 Å². The number of rotatable bonds is 7. The zero-order valence-electron chi connectivity index (χ0n) is 10.2. The summed E-state index contributed by atoms with van der Waals surface area (Å²) in [5.41, 5.74) is 5.99. The lowest BCUT2D eigenvalue weighted by Crippen LogP contribution is -2.39. The summed E-state index contributed by atoms with van der Waals surface area (Å²) in [4.78, 5) is 4.30. The van der Waals surface area contributed by atoms with Gasteiger partial charge in [-0.25, -0.2) is 4.98 Å². The number of nitrogens with two attached hydrogens (primary N) is 1. The second kappa shape index (κ2) is 6.62. The van der Waals surface area contributed by atoms with Gasteiger partial charge in [-0.15, -0.1) is 0 Å². The van der Waals surface area contributed by atoms with Crippen LogP contribution >= 0.6 is 0 Å². The van der Waals surface area contributed by atoms with Gasteiger partial charge in [-0.1, -0.05) is 6.92 Å². The van der Waals surface area contributed by atoms with Gasteiger partial charge in [0.25, 0.3) is 0 Å². The van der Waals surface area contributed by atoms with Crippen LogP contribution in [0.2, 0.25) is 0 Å². The maximum Gasteiger partial charge on any atom is 0.172 e. The van der Waals surface area contributed by atoms with E-state index in [9.17, 15) is 0 Å². The fraction of sp³-hybridized carbons (Fsp3) is 0.727. The molecule has 16 heavy (non-hydrogen) atoms. The van der Waals surface area contributed by atoms with Crippen molar-refractivity contribution in [3.63, 3.8) is 0 Å². The second-order valence-electron chi connectivity index (χ2n) is 3.74. The SMILES string of the molecule is CCCn1ccnc1CC(N)C(OC)OC. The standard InChI is InChI=1S/C11H21N3O2/c1-4-6-14-7-5-13-10(14)8-9(12)11(15-2)16-3/h5,7,9,11H,4,6,8,12H2,1-3H3. The minimum atomic E-state index is -0.383. The molecule has 2 N–H and O–H groups in total. The van der Waals surface area contributed by atoms with Gasteiger partial charge in [-0.3, -0.25) is 0 Å². The second-order valence-corrected chi connectivity index (χ2v) is 3.74. The maximum absolute atomic E-state index is 5.99. The Morgan fingerprint density at radius 2 is 2.12 bits per heavy atom. The minimum absolute atomic E-state index is 0.201. The lowest BCUT2D eigenvalue weighted by atomic mass is 10.2. The van der Waals surface area contributed by atoms with Gasteiger partial charge < -0.3 is 19.8 Å². The number of nitrogens with zero attached hydrogens (tertiary/aromatic N) is 2. The molecule has 0 amide bonds. The van der Waals surface area contributed by atoms with Gasteiger partial charge in [0.2, 0.25) is 0 Å². The molecule has 0 bridgehead atoms. The molecule has 92 valence electrons.